The molecular formula is C29H37FN6O5. The molecule has 0 bridgehead atoms. The van der Waals surface area contributed by atoms with Crippen LogP contribution in [0.4, 0.5) is 9.18 Å². The van der Waals surface area contributed by atoms with E-state index in [4.69, 9.17) is 4.74 Å². The minimum absolute atomic E-state index is 0.0701. The summed E-state index contributed by atoms with van der Waals surface area (Å²) in [5, 5.41) is 0. The lowest BCUT2D eigenvalue weighted by atomic mass is 10.0. The van der Waals surface area contributed by atoms with E-state index in [0.29, 0.717) is 24.3 Å². The van der Waals surface area contributed by atoms with Crippen LogP contribution in [0.5, 0.6) is 0 Å². The zero-order chi connectivity index (χ0) is 30.3. The van der Waals surface area contributed by atoms with Crippen molar-refractivity contribution in [2.75, 3.05) is 28.2 Å². The molecule has 2 heterocycles. The minimum atomic E-state index is -1.12. The smallest absolute Gasteiger partial charge is 0.409 e. The number of benzene rings is 1. The van der Waals surface area contributed by atoms with Crippen molar-refractivity contribution in [1.29, 1.82) is 0 Å². The number of nitrogens with zero attached hydrogens (tertiary/aromatic N) is 6. The van der Waals surface area contributed by atoms with E-state index in [1.807, 2.05) is 4.57 Å². The summed E-state index contributed by atoms with van der Waals surface area (Å²) in [6.45, 7) is 4.79. The number of aromatic nitrogens is 4. The van der Waals surface area contributed by atoms with Crippen molar-refractivity contribution < 1.29 is 23.5 Å². The summed E-state index contributed by atoms with van der Waals surface area (Å²) in [4.78, 5) is 62.0. The van der Waals surface area contributed by atoms with E-state index in [1.165, 1.54) is 59.2 Å². The van der Waals surface area contributed by atoms with Crippen molar-refractivity contribution in [3.05, 3.63) is 70.4 Å². The molecular weight excluding hydrogens is 531 g/mol. The van der Waals surface area contributed by atoms with Crippen LogP contribution in [0.1, 0.15) is 38.1 Å². The van der Waals surface area contributed by atoms with Crippen LogP contribution in [0.25, 0.3) is 11.0 Å². The maximum atomic E-state index is 13.9. The van der Waals surface area contributed by atoms with E-state index in [0.717, 1.165) is 5.52 Å². The summed E-state index contributed by atoms with van der Waals surface area (Å²) in [5.74, 6) is -0.245. The predicted octanol–water partition coefficient (Wildman–Crippen LogP) is 3.04. The summed E-state index contributed by atoms with van der Waals surface area (Å²) in [5.41, 5.74) is 0.949. The van der Waals surface area contributed by atoms with Crippen LogP contribution in [0.3, 0.4) is 0 Å². The van der Waals surface area contributed by atoms with Gasteiger partial charge in [0.25, 0.3) is 5.56 Å². The largest absolute Gasteiger partial charge is 0.438 e. The van der Waals surface area contributed by atoms with Gasteiger partial charge in [-0.25, -0.2) is 19.2 Å². The fourth-order valence-corrected chi connectivity index (χ4v) is 4.12. The molecule has 0 aliphatic rings. The van der Waals surface area contributed by atoms with Gasteiger partial charge in [0, 0.05) is 59.0 Å². The fourth-order valence-electron chi connectivity index (χ4n) is 4.12. The molecule has 11 nitrogen and oxygen atoms in total. The van der Waals surface area contributed by atoms with Crippen LogP contribution in [0, 0.1) is 11.7 Å². The van der Waals surface area contributed by atoms with E-state index in [-0.39, 0.29) is 36.8 Å². The summed E-state index contributed by atoms with van der Waals surface area (Å²) in [6.07, 6.45) is 4.01. The van der Waals surface area contributed by atoms with Crippen LogP contribution >= 0.6 is 0 Å². The van der Waals surface area contributed by atoms with E-state index in [1.54, 1.807) is 26.2 Å². The number of rotatable bonds is 12. The number of hydrogen-bond donors (Lipinski definition) is 0. The summed E-state index contributed by atoms with van der Waals surface area (Å²) >= 11 is 0. The summed E-state index contributed by atoms with van der Waals surface area (Å²) in [6, 6.07) is 4.40. The van der Waals surface area contributed by atoms with Crippen LogP contribution in [0.2, 0.25) is 0 Å². The SMILES string of the molecule is CC(C)Cn1c(Cn2cncc(CC(=O)[C@H](CC/C=C/C(=O)N(C)C)OC(=O)N(C)C)c2=O)nc2cc(F)ccc21. The third-order valence-corrected chi connectivity index (χ3v) is 6.25. The van der Waals surface area contributed by atoms with E-state index >= 15 is 0 Å². The molecule has 2 amide bonds. The zero-order valence-corrected chi connectivity index (χ0v) is 24.3. The molecule has 41 heavy (non-hydrogen) atoms. The molecule has 2 aromatic heterocycles. The topological polar surface area (TPSA) is 120 Å². The Hall–Kier alpha value is -4.35. The highest BCUT2D eigenvalue weighted by Gasteiger charge is 2.25. The normalized spacial score (nSPS) is 12.2. The van der Waals surface area contributed by atoms with Crippen LogP contribution < -0.4 is 5.56 Å². The zero-order valence-electron chi connectivity index (χ0n) is 24.3. The molecule has 0 saturated heterocycles. The maximum absolute atomic E-state index is 13.9. The van der Waals surface area contributed by atoms with Crippen molar-refractivity contribution >= 4 is 28.8 Å². The number of carbonyl (C=O) groups excluding carboxylic acids is 3. The van der Waals surface area contributed by atoms with Gasteiger partial charge in [-0.05, 0) is 37.0 Å². The number of ketones is 1. The average molecular weight is 569 g/mol. The Bertz CT molecular complexity index is 1490. The highest BCUT2D eigenvalue weighted by Crippen LogP contribution is 2.20. The van der Waals surface area contributed by atoms with Crippen molar-refractivity contribution in [2.45, 2.75) is 52.3 Å². The Balaban J connectivity index is 1.83. The highest BCUT2D eigenvalue weighted by atomic mass is 19.1. The van der Waals surface area contributed by atoms with Crippen LogP contribution in [-0.2, 0) is 33.8 Å². The second kappa shape index (κ2) is 13.8. The number of carbonyl (C=O) groups is 3. The van der Waals surface area contributed by atoms with Gasteiger partial charge in [0.05, 0.1) is 23.9 Å². The summed E-state index contributed by atoms with van der Waals surface area (Å²) in [7, 11) is 6.25. The monoisotopic (exact) mass is 568 g/mol. The Morgan fingerprint density at radius 1 is 1.12 bits per heavy atom. The van der Waals surface area contributed by atoms with Gasteiger partial charge >= 0.3 is 6.09 Å². The molecule has 0 fully saturated rings. The first-order valence-corrected chi connectivity index (χ1v) is 13.3. The van der Waals surface area contributed by atoms with Gasteiger partial charge in [0.2, 0.25) is 5.91 Å². The lowest BCUT2D eigenvalue weighted by Gasteiger charge is -2.19. The highest BCUT2D eigenvalue weighted by molar-refractivity contribution is 5.88. The van der Waals surface area contributed by atoms with Gasteiger partial charge in [-0.3, -0.25) is 19.0 Å². The van der Waals surface area contributed by atoms with Crippen molar-refractivity contribution in [2.24, 2.45) is 5.92 Å². The molecule has 12 heteroatoms. The summed E-state index contributed by atoms with van der Waals surface area (Å²) < 4.78 is 22.6. The van der Waals surface area contributed by atoms with Gasteiger partial charge < -0.3 is 19.1 Å². The van der Waals surface area contributed by atoms with Crippen molar-refractivity contribution in [3.63, 3.8) is 0 Å². The maximum Gasteiger partial charge on any atom is 0.409 e. The Morgan fingerprint density at radius 3 is 2.51 bits per heavy atom. The minimum Gasteiger partial charge on any atom is -0.438 e. The molecule has 0 unspecified atom stereocenters. The molecule has 0 aliphatic carbocycles. The lowest BCUT2D eigenvalue weighted by molar-refractivity contribution is -0.127. The standard InChI is InChI=1S/C29H37FN6O5/c1-19(2)16-36-23-12-11-21(30)14-22(23)32-26(36)17-35-18-31-15-20(28(35)39)13-24(37)25(41-29(40)34(5)6)9-7-8-10-27(38)33(3)4/h8,10-12,14-15,18-19,25H,7,9,13,16-17H2,1-6H3/b10-8+/t25-/m0/s1. The average Bonchev–Trinajstić information content (AvgIpc) is 3.22. The van der Waals surface area contributed by atoms with Gasteiger partial charge in [-0.2, -0.15) is 0 Å². The molecule has 1 aromatic carbocycles. The first-order chi connectivity index (χ1) is 19.4. The molecule has 3 aromatic rings. The van der Waals surface area contributed by atoms with Crippen molar-refractivity contribution in [1.82, 2.24) is 28.9 Å². The fraction of sp³-hybridized carbons (Fsp3) is 0.448. The van der Waals surface area contributed by atoms with E-state index in [9.17, 15) is 23.6 Å². The van der Waals surface area contributed by atoms with Crippen LogP contribution in [-0.4, -0.2) is 81.0 Å². The number of hydrogen-bond acceptors (Lipinski definition) is 7. The Labute approximate surface area is 238 Å². The first kappa shape index (κ1) is 31.2. The number of allylic oxidation sites excluding steroid dienone is 1. The Kier molecular flexibility index (Phi) is 10.5. The van der Waals surface area contributed by atoms with Gasteiger partial charge in [0.15, 0.2) is 11.9 Å². The molecule has 3 rings (SSSR count). The number of fused-ring (bicyclic) bond motifs is 1. The van der Waals surface area contributed by atoms with Gasteiger partial charge in [-0.1, -0.05) is 19.9 Å². The van der Waals surface area contributed by atoms with Crippen LogP contribution in [0.15, 0.2) is 47.7 Å². The Morgan fingerprint density at radius 2 is 1.85 bits per heavy atom. The number of imidazole rings is 1. The number of ether oxygens (including phenoxy) is 1. The second-order valence-electron chi connectivity index (χ2n) is 10.6. The lowest BCUT2D eigenvalue weighted by Crippen LogP contribution is -2.35. The number of halogens is 1. The predicted molar refractivity (Wildman–Crippen MR) is 152 cm³/mol. The third-order valence-electron chi connectivity index (χ3n) is 6.25. The van der Waals surface area contributed by atoms with Gasteiger partial charge in [0.1, 0.15) is 11.6 Å². The second-order valence-corrected chi connectivity index (χ2v) is 10.6. The number of likely N-dealkylation sites (N-methyl/N-ethyl adjacent to an activating group) is 1. The molecule has 0 spiro atoms. The number of Topliss-reactive ketones (excluding diaryl/α,β-unsaturated/α-hetero) is 1. The first-order valence-electron chi connectivity index (χ1n) is 13.3. The quantitative estimate of drug-likeness (QED) is 0.308. The van der Waals surface area contributed by atoms with Crippen molar-refractivity contribution in [3.8, 4) is 0 Å². The van der Waals surface area contributed by atoms with Gasteiger partial charge in [-0.15, -0.1) is 0 Å². The number of amides is 2. The van der Waals surface area contributed by atoms with E-state index in [2.05, 4.69) is 23.8 Å². The molecule has 0 N–H and O–H groups in total. The molecule has 220 valence electrons. The molecule has 0 saturated carbocycles. The third kappa shape index (κ3) is 8.32. The molecule has 0 radical (unpaired) electrons. The molecule has 1 atom stereocenters. The molecule has 0 aliphatic heterocycles. The van der Waals surface area contributed by atoms with E-state index < -0.39 is 29.4 Å².